The number of hydrogen-bond donors (Lipinski definition) is 1. The van der Waals surface area contributed by atoms with Gasteiger partial charge in [0.05, 0.1) is 29.6 Å². The second-order valence-corrected chi connectivity index (χ2v) is 8.19. The van der Waals surface area contributed by atoms with Crippen LogP contribution < -0.4 is 0 Å². The third kappa shape index (κ3) is 3.24. The summed E-state index contributed by atoms with van der Waals surface area (Å²) in [4.78, 5) is 9.22. The fraction of sp³-hybridized carbons (Fsp3) is 0.579. The van der Waals surface area contributed by atoms with Gasteiger partial charge in [-0.1, -0.05) is 13.8 Å². The van der Waals surface area contributed by atoms with E-state index in [0.717, 1.165) is 22.0 Å². The van der Waals surface area contributed by atoms with Crippen molar-refractivity contribution < 1.29 is 14.6 Å². The first-order valence-corrected chi connectivity index (χ1v) is 9.80. The second kappa shape index (κ2) is 6.43. The average molecular weight is 360 g/mol. The van der Waals surface area contributed by atoms with Crippen LogP contribution in [0.3, 0.4) is 0 Å². The summed E-state index contributed by atoms with van der Waals surface area (Å²) in [6.45, 7) is 5.59. The maximum atomic E-state index is 11.0. The van der Waals surface area contributed by atoms with Crippen molar-refractivity contribution in [2.45, 2.75) is 56.8 Å². The number of pyridine rings is 1. The van der Waals surface area contributed by atoms with E-state index in [1.807, 2.05) is 18.3 Å². The number of nitrogens with zero attached hydrogens (tertiary/aromatic N) is 2. The highest BCUT2D eigenvalue weighted by atomic mass is 32.1. The molecule has 0 bridgehead atoms. The van der Waals surface area contributed by atoms with Crippen LogP contribution in [0, 0.1) is 0 Å². The number of hydrogen-bond acceptors (Lipinski definition) is 6. The Morgan fingerprint density at radius 3 is 2.40 bits per heavy atom. The van der Waals surface area contributed by atoms with Crippen molar-refractivity contribution in [1.29, 1.82) is 0 Å². The lowest BCUT2D eigenvalue weighted by Crippen LogP contribution is -2.42. The zero-order valence-electron chi connectivity index (χ0n) is 14.7. The molecule has 0 unspecified atom stereocenters. The molecule has 25 heavy (non-hydrogen) atoms. The molecule has 1 saturated heterocycles. The standard InChI is InChI=1S/C19H24N2O3S/c1-13(2)17-21-15(12-25-17)14-3-4-16(20-11-14)18(22)5-7-19(8-6-18)23-9-10-24-19/h3-4,11-13,22H,5-10H2,1-2H3. The summed E-state index contributed by atoms with van der Waals surface area (Å²) in [6, 6.07) is 3.94. The number of ether oxygens (including phenoxy) is 2. The first-order chi connectivity index (χ1) is 12.0. The van der Waals surface area contributed by atoms with E-state index in [-0.39, 0.29) is 0 Å². The van der Waals surface area contributed by atoms with Gasteiger partial charge in [-0.2, -0.15) is 0 Å². The molecule has 4 rings (SSSR count). The predicted molar refractivity (Wildman–Crippen MR) is 96.4 cm³/mol. The van der Waals surface area contributed by atoms with Gasteiger partial charge in [-0.3, -0.25) is 4.98 Å². The molecule has 2 fully saturated rings. The van der Waals surface area contributed by atoms with Crippen LogP contribution in [0.1, 0.15) is 56.2 Å². The summed E-state index contributed by atoms with van der Waals surface area (Å²) < 4.78 is 11.5. The normalized spacial score (nSPS) is 21.9. The highest BCUT2D eigenvalue weighted by Gasteiger charge is 2.46. The zero-order chi connectivity index (χ0) is 17.5. The summed E-state index contributed by atoms with van der Waals surface area (Å²) in [7, 11) is 0. The van der Waals surface area contributed by atoms with Gasteiger partial charge in [-0.25, -0.2) is 4.98 Å². The molecule has 1 saturated carbocycles. The molecule has 5 nitrogen and oxygen atoms in total. The number of thiazole rings is 1. The Hall–Kier alpha value is -1.34. The van der Waals surface area contributed by atoms with Gasteiger partial charge in [-0.05, 0) is 25.0 Å². The van der Waals surface area contributed by atoms with E-state index in [1.54, 1.807) is 11.3 Å². The zero-order valence-corrected chi connectivity index (χ0v) is 15.5. The Bertz CT molecular complexity index is 725. The lowest BCUT2D eigenvalue weighted by Gasteiger charge is -2.40. The molecule has 2 aromatic heterocycles. The van der Waals surface area contributed by atoms with Gasteiger partial charge >= 0.3 is 0 Å². The van der Waals surface area contributed by atoms with Crippen LogP contribution in [0.5, 0.6) is 0 Å². The number of aliphatic hydroxyl groups is 1. The lowest BCUT2D eigenvalue weighted by atomic mass is 9.79. The minimum Gasteiger partial charge on any atom is -0.384 e. The van der Waals surface area contributed by atoms with Gasteiger partial charge in [0.1, 0.15) is 5.60 Å². The number of aromatic nitrogens is 2. The molecule has 0 aromatic carbocycles. The maximum absolute atomic E-state index is 11.0. The van der Waals surface area contributed by atoms with Crippen molar-refractivity contribution in [3.63, 3.8) is 0 Å². The largest absolute Gasteiger partial charge is 0.384 e. The Morgan fingerprint density at radius 1 is 1.12 bits per heavy atom. The van der Waals surface area contributed by atoms with Crippen LogP contribution in [0.25, 0.3) is 11.3 Å². The van der Waals surface area contributed by atoms with Crippen molar-refractivity contribution >= 4 is 11.3 Å². The van der Waals surface area contributed by atoms with Crippen LogP contribution in [-0.4, -0.2) is 34.1 Å². The third-order valence-electron chi connectivity index (χ3n) is 5.20. The molecule has 2 aliphatic rings. The van der Waals surface area contributed by atoms with Crippen LogP contribution in [-0.2, 0) is 15.1 Å². The summed E-state index contributed by atoms with van der Waals surface area (Å²) in [5.41, 5.74) is 1.77. The fourth-order valence-electron chi connectivity index (χ4n) is 3.59. The van der Waals surface area contributed by atoms with E-state index in [1.165, 1.54) is 0 Å². The molecule has 0 atom stereocenters. The molecular weight excluding hydrogens is 336 g/mol. The third-order valence-corrected chi connectivity index (χ3v) is 6.35. The maximum Gasteiger partial charge on any atom is 0.168 e. The molecule has 3 heterocycles. The van der Waals surface area contributed by atoms with Crippen molar-refractivity contribution in [2.24, 2.45) is 0 Å². The molecule has 6 heteroatoms. The highest BCUT2D eigenvalue weighted by Crippen LogP contribution is 2.44. The average Bonchev–Trinajstić information content (AvgIpc) is 3.28. The fourth-order valence-corrected chi connectivity index (χ4v) is 4.44. The van der Waals surface area contributed by atoms with E-state index in [0.29, 0.717) is 44.8 Å². The Labute approximate surface area is 152 Å². The van der Waals surface area contributed by atoms with Crippen molar-refractivity contribution in [3.05, 3.63) is 34.4 Å². The van der Waals surface area contributed by atoms with Crippen LogP contribution >= 0.6 is 11.3 Å². The summed E-state index contributed by atoms with van der Waals surface area (Å²) in [5.74, 6) is -0.0405. The Morgan fingerprint density at radius 2 is 1.84 bits per heavy atom. The van der Waals surface area contributed by atoms with Gasteiger partial charge in [0.25, 0.3) is 0 Å². The summed E-state index contributed by atoms with van der Waals surface area (Å²) in [5, 5.41) is 14.2. The van der Waals surface area contributed by atoms with Crippen molar-refractivity contribution in [1.82, 2.24) is 9.97 Å². The molecule has 1 aliphatic carbocycles. The van der Waals surface area contributed by atoms with Gasteiger partial charge in [0, 0.05) is 35.9 Å². The topological polar surface area (TPSA) is 64.5 Å². The molecule has 1 N–H and O–H groups in total. The minimum absolute atomic E-state index is 0.432. The lowest BCUT2D eigenvalue weighted by molar-refractivity contribution is -0.204. The molecule has 134 valence electrons. The Balaban J connectivity index is 1.49. The molecule has 2 aromatic rings. The van der Waals surface area contributed by atoms with Gasteiger partial charge in [0.15, 0.2) is 5.79 Å². The smallest absolute Gasteiger partial charge is 0.168 e. The molecule has 1 spiro atoms. The van der Waals surface area contributed by atoms with Crippen molar-refractivity contribution in [2.75, 3.05) is 13.2 Å². The molecule has 0 amide bonds. The Kier molecular flexibility index (Phi) is 4.40. The SMILES string of the molecule is CC(C)c1nc(-c2ccc(C3(O)CCC4(CC3)OCCO4)nc2)cs1. The monoisotopic (exact) mass is 360 g/mol. The van der Waals surface area contributed by atoms with Crippen LogP contribution in [0.15, 0.2) is 23.7 Å². The van der Waals surface area contributed by atoms with E-state index in [2.05, 4.69) is 29.2 Å². The van der Waals surface area contributed by atoms with E-state index in [4.69, 9.17) is 9.47 Å². The van der Waals surface area contributed by atoms with Crippen LogP contribution in [0.4, 0.5) is 0 Å². The highest BCUT2D eigenvalue weighted by molar-refractivity contribution is 7.10. The molecule has 1 aliphatic heterocycles. The van der Waals surface area contributed by atoms with E-state index < -0.39 is 11.4 Å². The van der Waals surface area contributed by atoms with Crippen molar-refractivity contribution in [3.8, 4) is 11.3 Å². The quantitative estimate of drug-likeness (QED) is 0.901. The van der Waals surface area contributed by atoms with E-state index in [9.17, 15) is 5.11 Å². The van der Waals surface area contributed by atoms with Crippen LogP contribution in [0.2, 0.25) is 0 Å². The van der Waals surface area contributed by atoms with E-state index >= 15 is 0 Å². The van der Waals surface area contributed by atoms with Gasteiger partial charge in [0.2, 0.25) is 0 Å². The minimum atomic E-state index is -0.899. The predicted octanol–water partition coefficient (Wildman–Crippen LogP) is 3.83. The first kappa shape index (κ1) is 17.1. The summed E-state index contributed by atoms with van der Waals surface area (Å²) >= 11 is 1.68. The molecular formula is C19H24N2O3S. The van der Waals surface area contributed by atoms with Gasteiger partial charge < -0.3 is 14.6 Å². The first-order valence-electron chi connectivity index (χ1n) is 8.92. The number of rotatable bonds is 3. The summed E-state index contributed by atoms with van der Waals surface area (Å²) in [6.07, 6.45) is 4.44. The molecule has 0 radical (unpaired) electrons. The second-order valence-electron chi connectivity index (χ2n) is 7.30. The van der Waals surface area contributed by atoms with Gasteiger partial charge in [-0.15, -0.1) is 11.3 Å².